The molecule has 0 radical (unpaired) electrons. The summed E-state index contributed by atoms with van der Waals surface area (Å²) in [5.74, 6) is -0.0735. The molecule has 1 atom stereocenters. The minimum atomic E-state index is -0.406. The van der Waals surface area contributed by atoms with E-state index in [4.69, 9.17) is 4.74 Å². The third kappa shape index (κ3) is 18.6. The molecule has 0 aliphatic carbocycles. The quantitative estimate of drug-likeness (QED) is 0.201. The molecule has 3 heteroatoms. The van der Waals surface area contributed by atoms with Crippen LogP contribution in [-0.2, 0) is 9.53 Å². The Morgan fingerprint density at radius 3 is 1.67 bits per heavy atom. The third-order valence-corrected chi connectivity index (χ3v) is 4.96. The van der Waals surface area contributed by atoms with Crippen LogP contribution in [-0.4, -0.2) is 24.2 Å². The molecular formula is C24H49NO2. The normalized spacial score (nSPS) is 12.9. The van der Waals surface area contributed by atoms with Gasteiger partial charge in [-0.3, -0.25) is 4.79 Å². The van der Waals surface area contributed by atoms with E-state index < -0.39 is 5.60 Å². The summed E-state index contributed by atoms with van der Waals surface area (Å²) < 4.78 is 5.63. The lowest BCUT2D eigenvalue weighted by Gasteiger charge is -2.24. The Kier molecular flexibility index (Phi) is 17.2. The van der Waals surface area contributed by atoms with Crippen LogP contribution in [0.25, 0.3) is 0 Å². The number of ether oxygens (including phenoxy) is 1. The van der Waals surface area contributed by atoms with Crippen molar-refractivity contribution in [3.8, 4) is 0 Å². The van der Waals surface area contributed by atoms with Crippen molar-refractivity contribution in [2.24, 2.45) is 0 Å². The maximum absolute atomic E-state index is 12.5. The van der Waals surface area contributed by atoms with E-state index in [9.17, 15) is 4.79 Å². The highest BCUT2D eigenvalue weighted by molar-refractivity contribution is 5.76. The standard InChI is InChI=1S/C24H49NO2/c1-6-8-10-12-14-15-17-19-21-25-22(23(26)27-24(3,4)5)20-18-16-13-11-9-7-2/h22,25H,6-21H2,1-5H3. The molecule has 162 valence electrons. The molecule has 0 fully saturated rings. The molecule has 0 aliphatic rings. The lowest BCUT2D eigenvalue weighted by Crippen LogP contribution is -2.41. The van der Waals surface area contributed by atoms with Crippen molar-refractivity contribution in [2.75, 3.05) is 6.54 Å². The zero-order valence-corrected chi connectivity index (χ0v) is 19.2. The Morgan fingerprint density at radius 2 is 1.19 bits per heavy atom. The first-order chi connectivity index (χ1) is 12.9. The zero-order chi connectivity index (χ0) is 20.4. The summed E-state index contributed by atoms with van der Waals surface area (Å²) in [5, 5.41) is 3.48. The molecule has 1 unspecified atom stereocenters. The number of nitrogens with one attached hydrogen (secondary N) is 1. The summed E-state index contributed by atoms with van der Waals surface area (Å²) in [5.41, 5.74) is -0.406. The van der Waals surface area contributed by atoms with Gasteiger partial charge in [0.25, 0.3) is 0 Å². The van der Waals surface area contributed by atoms with Gasteiger partial charge in [-0.2, -0.15) is 0 Å². The Morgan fingerprint density at radius 1 is 0.741 bits per heavy atom. The predicted octanol–water partition coefficient (Wildman–Crippen LogP) is 7.18. The van der Waals surface area contributed by atoms with Crippen LogP contribution in [0.3, 0.4) is 0 Å². The highest BCUT2D eigenvalue weighted by atomic mass is 16.6. The van der Waals surface area contributed by atoms with Crippen molar-refractivity contribution in [2.45, 2.75) is 143 Å². The SMILES string of the molecule is CCCCCCCCCCNC(CCCCCCCC)C(=O)OC(C)(C)C. The first-order valence-corrected chi connectivity index (χ1v) is 11.9. The molecule has 0 heterocycles. The second-order valence-corrected chi connectivity index (χ2v) is 9.07. The van der Waals surface area contributed by atoms with Crippen LogP contribution in [0.2, 0.25) is 0 Å². The van der Waals surface area contributed by atoms with Gasteiger partial charge in [0.2, 0.25) is 0 Å². The van der Waals surface area contributed by atoms with E-state index in [0.29, 0.717) is 0 Å². The highest BCUT2D eigenvalue weighted by Crippen LogP contribution is 2.14. The molecule has 0 spiro atoms. The van der Waals surface area contributed by atoms with E-state index in [1.165, 1.54) is 77.0 Å². The van der Waals surface area contributed by atoms with Crippen LogP contribution >= 0.6 is 0 Å². The number of unbranched alkanes of at least 4 members (excludes halogenated alkanes) is 12. The maximum atomic E-state index is 12.5. The monoisotopic (exact) mass is 383 g/mol. The molecule has 0 rings (SSSR count). The molecule has 27 heavy (non-hydrogen) atoms. The van der Waals surface area contributed by atoms with E-state index >= 15 is 0 Å². The molecule has 0 aromatic rings. The summed E-state index contributed by atoms with van der Waals surface area (Å²) in [4.78, 5) is 12.5. The van der Waals surface area contributed by atoms with Crippen molar-refractivity contribution < 1.29 is 9.53 Å². The molecule has 0 saturated heterocycles. The number of hydrogen-bond donors (Lipinski definition) is 1. The average molecular weight is 384 g/mol. The predicted molar refractivity (Wildman–Crippen MR) is 118 cm³/mol. The van der Waals surface area contributed by atoms with Gasteiger partial charge in [-0.25, -0.2) is 0 Å². The zero-order valence-electron chi connectivity index (χ0n) is 19.2. The smallest absolute Gasteiger partial charge is 0.323 e. The number of hydrogen-bond acceptors (Lipinski definition) is 3. The van der Waals surface area contributed by atoms with Gasteiger partial charge in [0, 0.05) is 0 Å². The second-order valence-electron chi connectivity index (χ2n) is 9.07. The summed E-state index contributed by atoms with van der Waals surface area (Å²) in [6.07, 6.45) is 19.0. The van der Waals surface area contributed by atoms with Gasteiger partial charge < -0.3 is 10.1 Å². The van der Waals surface area contributed by atoms with Crippen molar-refractivity contribution in [1.82, 2.24) is 5.32 Å². The Balaban J connectivity index is 4.02. The Bertz CT molecular complexity index is 336. The molecule has 0 aromatic heterocycles. The fourth-order valence-electron chi connectivity index (χ4n) is 3.34. The van der Waals surface area contributed by atoms with Crippen LogP contribution in [0, 0.1) is 0 Å². The van der Waals surface area contributed by atoms with Crippen LogP contribution in [0.1, 0.15) is 131 Å². The molecule has 3 nitrogen and oxygen atoms in total. The molecule has 0 amide bonds. The van der Waals surface area contributed by atoms with Gasteiger partial charge in [-0.05, 0) is 40.2 Å². The maximum Gasteiger partial charge on any atom is 0.323 e. The van der Waals surface area contributed by atoms with Gasteiger partial charge in [-0.1, -0.05) is 97.3 Å². The summed E-state index contributed by atoms with van der Waals surface area (Å²) in [6, 6.07) is -0.139. The summed E-state index contributed by atoms with van der Waals surface area (Å²) in [6.45, 7) is 11.3. The molecule has 0 saturated carbocycles. The van der Waals surface area contributed by atoms with E-state index in [2.05, 4.69) is 19.2 Å². The summed E-state index contributed by atoms with van der Waals surface area (Å²) >= 11 is 0. The Labute approximate surface area is 170 Å². The second kappa shape index (κ2) is 17.5. The minimum Gasteiger partial charge on any atom is -0.459 e. The number of carbonyl (C=O) groups excluding carboxylic acids is 1. The van der Waals surface area contributed by atoms with E-state index in [0.717, 1.165) is 25.8 Å². The van der Waals surface area contributed by atoms with Crippen LogP contribution in [0.4, 0.5) is 0 Å². The van der Waals surface area contributed by atoms with Gasteiger partial charge in [0.1, 0.15) is 11.6 Å². The number of carbonyl (C=O) groups is 1. The minimum absolute atomic E-state index is 0.0735. The lowest BCUT2D eigenvalue weighted by atomic mass is 10.0. The van der Waals surface area contributed by atoms with Crippen molar-refractivity contribution >= 4 is 5.97 Å². The molecule has 0 bridgehead atoms. The number of esters is 1. The molecule has 0 aliphatic heterocycles. The first-order valence-electron chi connectivity index (χ1n) is 11.9. The van der Waals surface area contributed by atoms with E-state index in [1.807, 2.05) is 20.8 Å². The summed E-state index contributed by atoms with van der Waals surface area (Å²) in [7, 11) is 0. The van der Waals surface area contributed by atoms with Crippen LogP contribution in [0.5, 0.6) is 0 Å². The van der Waals surface area contributed by atoms with E-state index in [-0.39, 0.29) is 12.0 Å². The fourth-order valence-corrected chi connectivity index (χ4v) is 3.34. The van der Waals surface area contributed by atoms with E-state index in [1.54, 1.807) is 0 Å². The van der Waals surface area contributed by atoms with Crippen molar-refractivity contribution in [1.29, 1.82) is 0 Å². The average Bonchev–Trinajstić information content (AvgIpc) is 2.59. The highest BCUT2D eigenvalue weighted by Gasteiger charge is 2.24. The largest absolute Gasteiger partial charge is 0.459 e. The van der Waals surface area contributed by atoms with Crippen molar-refractivity contribution in [3.05, 3.63) is 0 Å². The Hall–Kier alpha value is -0.570. The van der Waals surface area contributed by atoms with Crippen LogP contribution < -0.4 is 5.32 Å². The third-order valence-electron chi connectivity index (χ3n) is 4.96. The lowest BCUT2D eigenvalue weighted by molar-refractivity contribution is -0.157. The van der Waals surface area contributed by atoms with Gasteiger partial charge >= 0.3 is 5.97 Å². The topological polar surface area (TPSA) is 38.3 Å². The van der Waals surface area contributed by atoms with Crippen LogP contribution in [0.15, 0.2) is 0 Å². The van der Waals surface area contributed by atoms with Crippen molar-refractivity contribution in [3.63, 3.8) is 0 Å². The van der Waals surface area contributed by atoms with Gasteiger partial charge in [0.05, 0.1) is 0 Å². The van der Waals surface area contributed by atoms with Gasteiger partial charge in [-0.15, -0.1) is 0 Å². The van der Waals surface area contributed by atoms with Gasteiger partial charge in [0.15, 0.2) is 0 Å². The number of rotatable bonds is 18. The molecular weight excluding hydrogens is 334 g/mol. The molecule has 0 aromatic carbocycles. The fraction of sp³-hybridized carbons (Fsp3) is 0.958. The first kappa shape index (κ1) is 26.4. The molecule has 1 N–H and O–H groups in total.